The zero-order chi connectivity index (χ0) is 14.4. The first kappa shape index (κ1) is 16.0. The molecule has 0 aliphatic rings. The van der Waals surface area contributed by atoms with Crippen molar-refractivity contribution in [1.29, 1.82) is 0 Å². The first-order valence-electron chi connectivity index (χ1n) is 6.05. The summed E-state index contributed by atoms with van der Waals surface area (Å²) in [5.41, 5.74) is 1.99. The van der Waals surface area contributed by atoms with Gasteiger partial charge in [-0.1, -0.05) is 0 Å². The van der Waals surface area contributed by atoms with E-state index in [-0.39, 0.29) is 0 Å². The molecule has 0 aliphatic heterocycles. The summed E-state index contributed by atoms with van der Waals surface area (Å²) >= 11 is 3.16. The van der Waals surface area contributed by atoms with Gasteiger partial charge < -0.3 is 0 Å². The summed E-state index contributed by atoms with van der Waals surface area (Å²) in [5, 5.41) is 0. The van der Waals surface area contributed by atoms with Crippen molar-refractivity contribution < 1.29 is 13.6 Å². The Morgan fingerprint density at radius 3 is 1.45 bits per heavy atom. The van der Waals surface area contributed by atoms with Gasteiger partial charge in [-0.05, 0) is 0 Å². The van der Waals surface area contributed by atoms with Gasteiger partial charge >= 0.3 is 137 Å². The molecule has 104 valence electrons. The molecule has 0 saturated carbocycles. The van der Waals surface area contributed by atoms with E-state index in [4.69, 9.17) is 9.05 Å². The molecule has 0 bridgehead atoms. The van der Waals surface area contributed by atoms with E-state index in [1.165, 1.54) is 8.70 Å². The summed E-state index contributed by atoms with van der Waals surface area (Å²) in [6, 6.07) is 16.0. The van der Waals surface area contributed by atoms with Gasteiger partial charge in [0.25, 0.3) is 0 Å². The molecule has 6 heteroatoms. The maximum absolute atomic E-state index is 11.6. The molecule has 2 aromatic carbocycles. The molecule has 0 aliphatic carbocycles. The van der Waals surface area contributed by atoms with Crippen LogP contribution in [-0.2, 0) is 26.8 Å². The first-order chi connectivity index (χ1) is 9.63. The summed E-state index contributed by atoms with van der Waals surface area (Å²) in [6.07, 6.45) is 0. The molecule has 2 rings (SSSR count). The molecule has 2 aromatic rings. The summed E-state index contributed by atoms with van der Waals surface area (Å²) in [6.45, 7) is 0.609. The van der Waals surface area contributed by atoms with Gasteiger partial charge in [0, 0.05) is 0 Å². The molecule has 0 fully saturated rings. The van der Waals surface area contributed by atoms with Crippen LogP contribution in [0.1, 0.15) is 11.1 Å². The van der Waals surface area contributed by atoms with E-state index in [1.54, 1.807) is 33.7 Å². The van der Waals surface area contributed by atoms with Crippen molar-refractivity contribution in [2.75, 3.05) is 0 Å². The third-order valence-electron chi connectivity index (χ3n) is 2.63. The van der Waals surface area contributed by atoms with Gasteiger partial charge in [-0.2, -0.15) is 0 Å². The molecular formula is C14H16As2O3P+. The van der Waals surface area contributed by atoms with E-state index in [1.807, 2.05) is 48.5 Å². The van der Waals surface area contributed by atoms with Crippen molar-refractivity contribution in [3.63, 3.8) is 0 Å². The van der Waals surface area contributed by atoms with Crippen LogP contribution in [-0.4, -0.2) is 33.7 Å². The van der Waals surface area contributed by atoms with Gasteiger partial charge in [0.05, 0.1) is 0 Å². The van der Waals surface area contributed by atoms with Gasteiger partial charge in [0.15, 0.2) is 0 Å². The average Bonchev–Trinajstić information content (AvgIpc) is 2.46. The minimum atomic E-state index is -2.09. The van der Waals surface area contributed by atoms with Gasteiger partial charge in [0.1, 0.15) is 0 Å². The molecule has 0 spiro atoms. The first-order valence-corrected chi connectivity index (χ1v) is 9.57. The van der Waals surface area contributed by atoms with Gasteiger partial charge in [-0.3, -0.25) is 0 Å². The third-order valence-corrected chi connectivity index (χ3v) is 4.93. The molecule has 0 N–H and O–H groups in total. The van der Waals surface area contributed by atoms with Crippen molar-refractivity contribution in [2.45, 2.75) is 13.2 Å². The summed E-state index contributed by atoms with van der Waals surface area (Å²) < 4.78 is 24.6. The fourth-order valence-corrected chi connectivity index (χ4v) is 2.91. The molecule has 3 nitrogen and oxygen atoms in total. The third kappa shape index (κ3) is 5.52. The number of hydrogen-bond acceptors (Lipinski definition) is 3. The summed E-state index contributed by atoms with van der Waals surface area (Å²) in [4.78, 5) is 0. The van der Waals surface area contributed by atoms with Crippen molar-refractivity contribution in [3.8, 4) is 0 Å². The SMILES string of the molecule is O=[P+](OCc1ccc([AsH2])cc1)OCc1ccc([AsH2])cc1. The molecular weight excluding hydrogens is 397 g/mol. The zero-order valence-electron chi connectivity index (χ0n) is 10.9. The van der Waals surface area contributed by atoms with Crippen LogP contribution in [0.2, 0.25) is 0 Å². The van der Waals surface area contributed by atoms with E-state index in [0.717, 1.165) is 11.1 Å². The van der Waals surface area contributed by atoms with Crippen LogP contribution in [0.3, 0.4) is 0 Å². The predicted molar refractivity (Wildman–Crippen MR) is 86.4 cm³/mol. The van der Waals surface area contributed by atoms with Crippen LogP contribution < -0.4 is 8.70 Å². The van der Waals surface area contributed by atoms with Gasteiger partial charge in [-0.15, -0.1) is 0 Å². The van der Waals surface area contributed by atoms with Crippen LogP contribution in [0, 0.1) is 0 Å². The van der Waals surface area contributed by atoms with E-state index in [9.17, 15) is 4.57 Å². The van der Waals surface area contributed by atoms with E-state index >= 15 is 0 Å². The fourth-order valence-electron chi connectivity index (χ4n) is 1.52. The molecule has 20 heavy (non-hydrogen) atoms. The molecule has 2 atom stereocenters. The Bertz CT molecular complexity index is 518. The van der Waals surface area contributed by atoms with Crippen LogP contribution in [0.15, 0.2) is 48.5 Å². The Labute approximate surface area is 137 Å². The minimum absolute atomic E-state index is 0.304. The van der Waals surface area contributed by atoms with Crippen molar-refractivity contribution >= 4 is 50.7 Å². The van der Waals surface area contributed by atoms with Crippen molar-refractivity contribution in [2.24, 2.45) is 0 Å². The standard InChI is InChI=1S/C14H16As2O3P/c15-13-5-1-11(2-6-13)9-18-20(17)19-10-12-3-7-14(16)8-4-12/h1-8H,9-10,15-16H2/q+1. The van der Waals surface area contributed by atoms with Crippen molar-refractivity contribution in [1.82, 2.24) is 0 Å². The maximum atomic E-state index is 11.6. The average molecular weight is 413 g/mol. The Morgan fingerprint density at radius 1 is 0.750 bits per heavy atom. The molecule has 0 radical (unpaired) electrons. The Kier molecular flexibility index (Phi) is 6.48. The van der Waals surface area contributed by atoms with E-state index < -0.39 is 8.25 Å². The van der Waals surface area contributed by atoms with E-state index in [2.05, 4.69) is 0 Å². The second-order valence-electron chi connectivity index (χ2n) is 4.25. The summed E-state index contributed by atoms with van der Waals surface area (Å²) in [7, 11) is -2.09. The van der Waals surface area contributed by atoms with Gasteiger partial charge in [-0.25, -0.2) is 0 Å². The molecule has 0 saturated heterocycles. The topological polar surface area (TPSA) is 35.5 Å². The molecule has 0 aromatic heterocycles. The van der Waals surface area contributed by atoms with E-state index in [0.29, 0.717) is 13.2 Å². The Balaban J connectivity index is 1.75. The summed E-state index contributed by atoms with van der Waals surface area (Å²) in [5.74, 6) is 0. The predicted octanol–water partition coefficient (Wildman–Crippen LogP) is 0.594. The molecule has 0 heterocycles. The van der Waals surface area contributed by atoms with Crippen LogP contribution >= 0.6 is 8.25 Å². The normalized spacial score (nSPS) is 10.5. The van der Waals surface area contributed by atoms with Crippen molar-refractivity contribution in [3.05, 3.63) is 59.7 Å². The zero-order valence-corrected chi connectivity index (χ0v) is 16.6. The fraction of sp³-hybridized carbons (Fsp3) is 0.143. The molecule has 2 unspecified atom stereocenters. The Morgan fingerprint density at radius 2 is 1.10 bits per heavy atom. The quantitative estimate of drug-likeness (QED) is 0.514. The van der Waals surface area contributed by atoms with Crippen LogP contribution in [0.5, 0.6) is 0 Å². The number of hydrogen-bond donors (Lipinski definition) is 0. The Hall–Kier alpha value is -0.423. The molecule has 0 amide bonds. The van der Waals surface area contributed by atoms with Crippen LogP contribution in [0.25, 0.3) is 0 Å². The second kappa shape index (κ2) is 8.13. The number of rotatable bonds is 6. The number of benzene rings is 2. The second-order valence-corrected chi connectivity index (χ2v) is 8.01. The van der Waals surface area contributed by atoms with Crippen LogP contribution in [0.4, 0.5) is 0 Å². The van der Waals surface area contributed by atoms with Gasteiger partial charge in [0.2, 0.25) is 0 Å². The monoisotopic (exact) mass is 413 g/mol.